The largest absolute Gasteiger partial charge is 0.456 e. The molecule has 15 heteroatoms. The smallest absolute Gasteiger partial charge is 0.338 e. The van der Waals surface area contributed by atoms with E-state index in [4.69, 9.17) is 23.7 Å². The van der Waals surface area contributed by atoms with Gasteiger partial charge in [-0.3, -0.25) is 19.2 Å². The maximum atomic E-state index is 15.5. The van der Waals surface area contributed by atoms with Crippen molar-refractivity contribution in [3.05, 3.63) is 119 Å². The first-order chi connectivity index (χ1) is 29.3. The first-order valence-electron chi connectivity index (χ1n) is 20.5. The lowest BCUT2D eigenvalue weighted by molar-refractivity contribution is -0.346. The van der Waals surface area contributed by atoms with Gasteiger partial charge in [-0.1, -0.05) is 80.6 Å². The van der Waals surface area contributed by atoms with Crippen molar-refractivity contribution in [2.45, 2.75) is 108 Å². The summed E-state index contributed by atoms with van der Waals surface area (Å²) < 4.78 is 30.3. The van der Waals surface area contributed by atoms with E-state index < -0.39 is 113 Å². The number of hydrogen-bond donors (Lipinski definition) is 4. The van der Waals surface area contributed by atoms with Crippen molar-refractivity contribution in [2.75, 3.05) is 6.61 Å². The summed E-state index contributed by atoms with van der Waals surface area (Å²) in [6, 6.07) is 22.9. The van der Waals surface area contributed by atoms with Crippen LogP contribution in [-0.4, -0.2) is 105 Å². The van der Waals surface area contributed by atoms with Crippen molar-refractivity contribution in [3.63, 3.8) is 0 Å². The molecule has 1 unspecified atom stereocenters. The molecule has 15 nitrogen and oxygen atoms in total. The van der Waals surface area contributed by atoms with Crippen LogP contribution < -0.4 is 5.32 Å². The number of nitrogens with one attached hydrogen (secondary N) is 1. The minimum Gasteiger partial charge on any atom is -0.456 e. The molecule has 2 saturated carbocycles. The fourth-order valence-electron chi connectivity index (χ4n) is 10.2. The van der Waals surface area contributed by atoms with Gasteiger partial charge in [0.25, 0.3) is 5.91 Å². The van der Waals surface area contributed by atoms with Gasteiger partial charge in [0.05, 0.1) is 35.6 Å². The predicted octanol–water partition coefficient (Wildman–Crippen LogP) is 3.74. The molecule has 3 aromatic rings. The van der Waals surface area contributed by atoms with Crippen LogP contribution in [0, 0.1) is 16.7 Å². The SMILES string of the molecule is CC(=O)O[C@H]1C(=O)[C@]2(C)[C@@H](O)CC3OC[C@@]3(OC(C)=O)[C@H]2[C@H](OC(=O)c2ccccc2)[C@]2(O)C[C@H](OC(=O)[C@H](O)[C@H](NC(=O)c3ccccc3)c3ccccc3)C(C)=C1C2(C)C. The Labute approximate surface area is 358 Å². The second-order valence-electron chi connectivity index (χ2n) is 17.4. The predicted molar refractivity (Wildman–Crippen MR) is 218 cm³/mol. The lowest BCUT2D eigenvalue weighted by atomic mass is 9.44. The van der Waals surface area contributed by atoms with E-state index in [-0.39, 0.29) is 35.3 Å². The zero-order valence-electron chi connectivity index (χ0n) is 35.2. The van der Waals surface area contributed by atoms with Crippen LogP contribution in [0.3, 0.4) is 0 Å². The summed E-state index contributed by atoms with van der Waals surface area (Å²) in [6.07, 6.45) is -10.5. The van der Waals surface area contributed by atoms with Gasteiger partial charge in [0, 0.05) is 37.7 Å². The van der Waals surface area contributed by atoms with E-state index in [1.165, 1.54) is 26.0 Å². The monoisotopic (exact) mass is 853 g/mol. The molecule has 11 atom stereocenters. The molecule has 1 aliphatic heterocycles. The highest BCUT2D eigenvalue weighted by Gasteiger charge is 2.78. The molecule has 0 radical (unpaired) electrons. The third-order valence-corrected chi connectivity index (χ3v) is 13.5. The lowest BCUT2D eigenvalue weighted by Gasteiger charge is -2.67. The molecule has 1 saturated heterocycles. The molecule has 3 fully saturated rings. The van der Waals surface area contributed by atoms with Crippen LogP contribution in [-0.2, 0) is 42.9 Å². The third kappa shape index (κ3) is 7.29. The average Bonchev–Trinajstić information content (AvgIpc) is 3.24. The second-order valence-corrected chi connectivity index (χ2v) is 17.4. The first-order valence-corrected chi connectivity index (χ1v) is 20.5. The van der Waals surface area contributed by atoms with E-state index in [0.717, 1.165) is 13.8 Å². The number of aliphatic hydroxyl groups is 3. The van der Waals surface area contributed by atoms with Crippen molar-refractivity contribution >= 4 is 35.6 Å². The van der Waals surface area contributed by atoms with Gasteiger partial charge in [-0.05, 0) is 54.8 Å². The molecule has 62 heavy (non-hydrogen) atoms. The number of carbonyl (C=O) groups excluding carboxylic acids is 6. The van der Waals surface area contributed by atoms with Gasteiger partial charge in [0.15, 0.2) is 23.6 Å². The van der Waals surface area contributed by atoms with Crippen LogP contribution in [0.4, 0.5) is 0 Å². The van der Waals surface area contributed by atoms with Crippen LogP contribution in [0.2, 0.25) is 0 Å². The molecule has 3 aliphatic carbocycles. The number of fused-ring (bicyclic) bond motifs is 5. The highest BCUT2D eigenvalue weighted by atomic mass is 16.6. The molecule has 7 rings (SSSR count). The molecule has 0 aromatic heterocycles. The van der Waals surface area contributed by atoms with Crippen LogP contribution in [0.15, 0.2) is 102 Å². The number of rotatable bonds is 10. The zero-order chi connectivity index (χ0) is 44.9. The molecule has 1 amide bonds. The molecule has 2 bridgehead atoms. The highest BCUT2D eigenvalue weighted by Crippen LogP contribution is 2.64. The quantitative estimate of drug-likeness (QED) is 0.130. The Balaban J connectivity index is 1.39. The molecular weight excluding hydrogens is 803 g/mol. The van der Waals surface area contributed by atoms with Crippen molar-refractivity contribution in [3.8, 4) is 0 Å². The average molecular weight is 854 g/mol. The van der Waals surface area contributed by atoms with Crippen molar-refractivity contribution in [1.82, 2.24) is 5.32 Å². The van der Waals surface area contributed by atoms with E-state index in [1.54, 1.807) is 92.7 Å². The van der Waals surface area contributed by atoms with Crippen molar-refractivity contribution in [1.29, 1.82) is 0 Å². The Morgan fingerprint density at radius 2 is 1.40 bits per heavy atom. The Kier molecular flexibility index (Phi) is 11.8. The van der Waals surface area contributed by atoms with Crippen LogP contribution >= 0.6 is 0 Å². The van der Waals surface area contributed by atoms with E-state index >= 15 is 4.79 Å². The van der Waals surface area contributed by atoms with Crippen molar-refractivity contribution in [2.24, 2.45) is 16.7 Å². The second kappa shape index (κ2) is 16.5. The van der Waals surface area contributed by atoms with Crippen LogP contribution in [0.25, 0.3) is 0 Å². The number of aliphatic hydroxyl groups excluding tert-OH is 2. The van der Waals surface area contributed by atoms with E-state index in [0.29, 0.717) is 5.56 Å². The molecule has 328 valence electrons. The van der Waals surface area contributed by atoms with E-state index in [2.05, 4.69) is 5.32 Å². The van der Waals surface area contributed by atoms with Gasteiger partial charge in [0.2, 0.25) is 0 Å². The van der Waals surface area contributed by atoms with Gasteiger partial charge < -0.3 is 44.3 Å². The highest BCUT2D eigenvalue weighted by molar-refractivity contribution is 5.96. The fraction of sp³-hybridized carbons (Fsp3) is 0.447. The number of ether oxygens (including phenoxy) is 5. The molecule has 0 spiro atoms. The van der Waals surface area contributed by atoms with Crippen molar-refractivity contribution < 1.29 is 67.8 Å². The molecule has 1 heterocycles. The van der Waals surface area contributed by atoms with Gasteiger partial charge in [-0.25, -0.2) is 9.59 Å². The summed E-state index contributed by atoms with van der Waals surface area (Å²) in [4.78, 5) is 83.5. The number of benzene rings is 3. The minimum absolute atomic E-state index is 0.00289. The van der Waals surface area contributed by atoms with Crippen LogP contribution in [0.5, 0.6) is 0 Å². The number of Topliss-reactive ketones (excluding diaryl/α,β-unsaturated/α-hetero) is 1. The molecule has 4 aliphatic rings. The molecule has 3 aromatic carbocycles. The van der Waals surface area contributed by atoms with Gasteiger partial charge in [0.1, 0.15) is 23.9 Å². The number of esters is 4. The Morgan fingerprint density at radius 1 is 0.823 bits per heavy atom. The van der Waals surface area contributed by atoms with E-state index in [9.17, 15) is 39.3 Å². The normalized spacial score (nSPS) is 31.9. The summed E-state index contributed by atoms with van der Waals surface area (Å²) in [5.41, 5.74) is -7.02. The van der Waals surface area contributed by atoms with Gasteiger partial charge in [-0.2, -0.15) is 0 Å². The summed E-state index contributed by atoms with van der Waals surface area (Å²) in [5, 5.41) is 40.2. The minimum atomic E-state index is -2.39. The number of carbonyl (C=O) groups is 6. The third-order valence-electron chi connectivity index (χ3n) is 13.5. The summed E-state index contributed by atoms with van der Waals surface area (Å²) in [6.45, 7) is 7.97. The van der Waals surface area contributed by atoms with Crippen LogP contribution in [0.1, 0.15) is 86.7 Å². The number of amides is 1. The fourth-order valence-corrected chi connectivity index (χ4v) is 10.2. The summed E-state index contributed by atoms with van der Waals surface area (Å²) in [5.74, 6) is -6.84. The first kappa shape index (κ1) is 44.3. The summed E-state index contributed by atoms with van der Waals surface area (Å²) in [7, 11) is 0. The molecule has 4 N–H and O–H groups in total. The Hall–Kier alpha value is -5.74. The number of ketones is 1. The zero-order valence-corrected chi connectivity index (χ0v) is 35.2. The van der Waals surface area contributed by atoms with Gasteiger partial charge >= 0.3 is 23.9 Å². The topological polar surface area (TPSA) is 221 Å². The number of hydrogen-bond acceptors (Lipinski definition) is 14. The maximum absolute atomic E-state index is 15.5. The molecular formula is C47H51NO14. The lowest BCUT2D eigenvalue weighted by Crippen LogP contribution is -2.82. The standard InChI is InChI=1S/C47H51NO14/c1-25-31(60-43(56)36(52)35(28-16-10-7-11-17-28)48-41(54)29-18-12-8-13-19-29)23-47(57)40(61-42(55)30-20-14-9-15-21-30)38-45(6,32(51)22-33-46(38,24-58-33)62-27(3)50)39(53)37(59-26(2)49)34(25)44(47,4)5/h7-21,31-33,35-38,40,51-52,57H,22-24H2,1-6H3,(H,48,54)/t31-,32-,33?,35+,36+,37+,38-,40-,45+,46-,47+/m0/s1. The summed E-state index contributed by atoms with van der Waals surface area (Å²) >= 11 is 0. The van der Waals surface area contributed by atoms with Gasteiger partial charge in [-0.15, -0.1) is 0 Å². The maximum Gasteiger partial charge on any atom is 0.338 e. The Bertz CT molecular complexity index is 2280. The Morgan fingerprint density at radius 3 is 1.95 bits per heavy atom. The van der Waals surface area contributed by atoms with E-state index in [1.807, 2.05) is 0 Å².